The van der Waals surface area contributed by atoms with E-state index in [0.29, 0.717) is 11.6 Å². The van der Waals surface area contributed by atoms with E-state index < -0.39 is 0 Å². The Hall–Kier alpha value is -2.26. The molecule has 1 unspecified atom stereocenters. The molecular weight excluding hydrogens is 332 g/mol. The normalized spacial score (nSPS) is 19.4. The number of aromatic nitrogens is 5. The molecule has 0 spiro atoms. The van der Waals surface area contributed by atoms with Crippen LogP contribution < -0.4 is 10.6 Å². The van der Waals surface area contributed by atoms with E-state index in [1.54, 1.807) is 17.1 Å². The third-order valence-electron chi connectivity index (χ3n) is 5.14. The van der Waals surface area contributed by atoms with Crippen LogP contribution in [-0.4, -0.2) is 68.1 Å². The number of imidazole rings is 1. The van der Waals surface area contributed by atoms with Crippen LogP contribution in [0, 0.1) is 5.92 Å². The smallest absolute Gasteiger partial charge is 0.274 e. The largest absolute Gasteiger partial charge is 0.340 e. The van der Waals surface area contributed by atoms with Crippen LogP contribution in [0.2, 0.25) is 0 Å². The molecule has 1 aliphatic heterocycles. The number of aryl methyl sites for hydroxylation is 1. The number of piperazine rings is 1. The van der Waals surface area contributed by atoms with Crippen molar-refractivity contribution in [3.8, 4) is 0 Å². The summed E-state index contributed by atoms with van der Waals surface area (Å²) in [5.41, 5.74) is 0.366. The van der Waals surface area contributed by atoms with E-state index in [9.17, 15) is 4.79 Å². The number of hydrogen-bond donors (Lipinski definition) is 2. The molecule has 1 atom stereocenters. The van der Waals surface area contributed by atoms with Gasteiger partial charge in [0, 0.05) is 52.2 Å². The third-order valence-corrected chi connectivity index (χ3v) is 5.14. The summed E-state index contributed by atoms with van der Waals surface area (Å²) in [6.45, 7) is 5.82. The van der Waals surface area contributed by atoms with Crippen LogP contribution >= 0.6 is 0 Å². The van der Waals surface area contributed by atoms with Crippen LogP contribution in [0.4, 0.5) is 0 Å². The van der Waals surface area contributed by atoms with Crippen LogP contribution in [-0.2, 0) is 13.6 Å². The predicted molar refractivity (Wildman–Crippen MR) is 95.5 cm³/mol. The zero-order valence-electron chi connectivity index (χ0n) is 15.1. The SMILES string of the molecule is Cn1ccnc1C(NC(=O)c1cn(CCN2CCNCC2)nn1)C1CC1. The van der Waals surface area contributed by atoms with Crippen molar-refractivity contribution in [2.24, 2.45) is 13.0 Å². The Morgan fingerprint density at radius 3 is 2.85 bits per heavy atom. The molecule has 0 aromatic carbocycles. The maximum absolute atomic E-state index is 12.6. The van der Waals surface area contributed by atoms with Crippen molar-refractivity contribution in [3.63, 3.8) is 0 Å². The first-order chi connectivity index (χ1) is 12.7. The third kappa shape index (κ3) is 3.94. The fourth-order valence-corrected chi connectivity index (χ4v) is 3.41. The van der Waals surface area contributed by atoms with Crippen molar-refractivity contribution in [1.82, 2.24) is 40.1 Å². The van der Waals surface area contributed by atoms with E-state index >= 15 is 0 Å². The second kappa shape index (κ2) is 7.55. The van der Waals surface area contributed by atoms with E-state index in [-0.39, 0.29) is 11.9 Å². The Bertz CT molecular complexity index is 744. The number of nitrogens with one attached hydrogen (secondary N) is 2. The van der Waals surface area contributed by atoms with Crippen LogP contribution in [0.5, 0.6) is 0 Å². The first-order valence-electron chi connectivity index (χ1n) is 9.32. The fourth-order valence-electron chi connectivity index (χ4n) is 3.41. The fraction of sp³-hybridized carbons (Fsp3) is 0.647. The Morgan fingerprint density at radius 1 is 1.35 bits per heavy atom. The van der Waals surface area contributed by atoms with Gasteiger partial charge in [-0.15, -0.1) is 5.10 Å². The lowest BCUT2D eigenvalue weighted by Crippen LogP contribution is -2.44. The number of carbonyl (C=O) groups is 1. The summed E-state index contributed by atoms with van der Waals surface area (Å²) in [7, 11) is 1.95. The summed E-state index contributed by atoms with van der Waals surface area (Å²) in [5.74, 6) is 1.17. The summed E-state index contributed by atoms with van der Waals surface area (Å²) < 4.78 is 3.72. The molecule has 140 valence electrons. The van der Waals surface area contributed by atoms with Crippen LogP contribution in [0.1, 0.15) is 35.2 Å². The van der Waals surface area contributed by atoms with E-state index in [4.69, 9.17) is 0 Å². The maximum atomic E-state index is 12.6. The molecule has 2 fully saturated rings. The second-order valence-electron chi connectivity index (χ2n) is 7.14. The van der Waals surface area contributed by atoms with Crippen LogP contribution in [0.3, 0.4) is 0 Å². The molecule has 9 heteroatoms. The lowest BCUT2D eigenvalue weighted by atomic mass is 10.1. The Labute approximate surface area is 152 Å². The van der Waals surface area contributed by atoms with Crippen LogP contribution in [0.25, 0.3) is 0 Å². The molecule has 2 aromatic rings. The molecule has 3 heterocycles. The van der Waals surface area contributed by atoms with Crippen LogP contribution in [0.15, 0.2) is 18.6 Å². The van der Waals surface area contributed by atoms with Gasteiger partial charge in [0.1, 0.15) is 5.82 Å². The van der Waals surface area contributed by atoms with Gasteiger partial charge < -0.3 is 15.2 Å². The first kappa shape index (κ1) is 17.2. The van der Waals surface area contributed by atoms with Crippen molar-refractivity contribution in [1.29, 1.82) is 0 Å². The van der Waals surface area contributed by atoms with Gasteiger partial charge in [-0.1, -0.05) is 5.21 Å². The highest BCUT2D eigenvalue weighted by Gasteiger charge is 2.36. The standard InChI is InChI=1S/C17H26N8O/c1-23-7-6-19-16(23)15(13-2-3-13)20-17(26)14-12-25(22-21-14)11-10-24-8-4-18-5-9-24/h6-7,12-13,15,18H,2-5,8-11H2,1H3,(H,20,26). The van der Waals surface area contributed by atoms with Crippen molar-refractivity contribution >= 4 is 5.91 Å². The molecule has 1 saturated heterocycles. The number of hydrogen-bond acceptors (Lipinski definition) is 6. The molecule has 1 amide bonds. The molecule has 2 N–H and O–H groups in total. The number of amides is 1. The van der Waals surface area contributed by atoms with Gasteiger partial charge in [-0.3, -0.25) is 14.4 Å². The predicted octanol–water partition coefficient (Wildman–Crippen LogP) is -0.202. The van der Waals surface area contributed by atoms with E-state index in [0.717, 1.165) is 57.9 Å². The highest BCUT2D eigenvalue weighted by atomic mass is 16.2. The highest BCUT2D eigenvalue weighted by Crippen LogP contribution is 2.40. The maximum Gasteiger partial charge on any atom is 0.274 e. The molecule has 0 bridgehead atoms. The number of carbonyl (C=O) groups excluding carboxylic acids is 1. The van der Waals surface area contributed by atoms with Gasteiger partial charge in [0.15, 0.2) is 5.69 Å². The number of nitrogens with zero attached hydrogens (tertiary/aromatic N) is 6. The molecule has 0 radical (unpaired) electrons. The molecule has 9 nitrogen and oxygen atoms in total. The average molecular weight is 358 g/mol. The minimum atomic E-state index is -0.182. The lowest BCUT2D eigenvalue weighted by molar-refractivity contribution is 0.0923. The van der Waals surface area contributed by atoms with Crippen molar-refractivity contribution in [2.45, 2.75) is 25.4 Å². The minimum absolute atomic E-state index is 0.0616. The zero-order chi connectivity index (χ0) is 17.9. The average Bonchev–Trinajstić information content (AvgIpc) is 3.23. The highest BCUT2D eigenvalue weighted by molar-refractivity contribution is 5.92. The van der Waals surface area contributed by atoms with Crippen molar-refractivity contribution in [2.75, 3.05) is 32.7 Å². The van der Waals surface area contributed by atoms with E-state index in [1.165, 1.54) is 0 Å². The molecule has 2 aromatic heterocycles. The summed E-state index contributed by atoms with van der Waals surface area (Å²) >= 11 is 0. The Kier molecular flexibility index (Phi) is 4.98. The summed E-state index contributed by atoms with van der Waals surface area (Å²) in [5, 5.41) is 14.6. The molecule has 4 rings (SSSR count). The zero-order valence-corrected chi connectivity index (χ0v) is 15.1. The molecule has 1 saturated carbocycles. The summed E-state index contributed by atoms with van der Waals surface area (Å²) in [6.07, 6.45) is 7.65. The van der Waals surface area contributed by atoms with E-state index in [2.05, 4.69) is 30.8 Å². The number of rotatable bonds is 7. The molecule has 26 heavy (non-hydrogen) atoms. The molecule has 2 aliphatic rings. The van der Waals surface area contributed by atoms with Gasteiger partial charge in [0.25, 0.3) is 5.91 Å². The Balaban J connectivity index is 1.35. The summed E-state index contributed by atoms with van der Waals surface area (Å²) in [6, 6.07) is -0.0616. The topological polar surface area (TPSA) is 92.9 Å². The first-order valence-corrected chi connectivity index (χ1v) is 9.32. The molecule has 1 aliphatic carbocycles. The lowest BCUT2D eigenvalue weighted by Gasteiger charge is -2.26. The van der Waals surface area contributed by atoms with Crippen molar-refractivity contribution < 1.29 is 4.79 Å². The van der Waals surface area contributed by atoms with Gasteiger partial charge >= 0.3 is 0 Å². The second-order valence-corrected chi connectivity index (χ2v) is 7.14. The van der Waals surface area contributed by atoms with E-state index in [1.807, 2.05) is 17.8 Å². The Morgan fingerprint density at radius 2 is 2.15 bits per heavy atom. The van der Waals surface area contributed by atoms with Gasteiger partial charge in [-0.25, -0.2) is 4.98 Å². The monoisotopic (exact) mass is 358 g/mol. The van der Waals surface area contributed by atoms with Gasteiger partial charge in [0.05, 0.1) is 18.8 Å². The van der Waals surface area contributed by atoms with Crippen molar-refractivity contribution in [3.05, 3.63) is 30.1 Å². The van der Waals surface area contributed by atoms with Gasteiger partial charge in [0.2, 0.25) is 0 Å². The minimum Gasteiger partial charge on any atom is -0.340 e. The summed E-state index contributed by atoms with van der Waals surface area (Å²) in [4.78, 5) is 19.4. The molecular formula is C17H26N8O. The quantitative estimate of drug-likeness (QED) is 0.712. The van der Waals surface area contributed by atoms with Gasteiger partial charge in [-0.2, -0.15) is 0 Å². The van der Waals surface area contributed by atoms with Gasteiger partial charge in [-0.05, 0) is 18.8 Å².